The zero-order valence-corrected chi connectivity index (χ0v) is 10.1. The van der Waals surface area contributed by atoms with Crippen molar-refractivity contribution < 1.29 is 14.7 Å². The first-order valence-corrected chi connectivity index (χ1v) is 5.50. The summed E-state index contributed by atoms with van der Waals surface area (Å²) in [5, 5.41) is 30.0. The minimum atomic E-state index is -2.06. The van der Waals surface area contributed by atoms with Crippen LogP contribution in [-0.4, -0.2) is 17.0 Å². The van der Waals surface area contributed by atoms with Crippen LogP contribution in [0.1, 0.15) is 5.56 Å². The van der Waals surface area contributed by atoms with Gasteiger partial charge in [0, 0.05) is 16.3 Å². The second-order valence-electron chi connectivity index (χ2n) is 3.96. The fraction of sp³-hybridized carbons (Fsp3) is 0.167. The number of nitriles is 2. The van der Waals surface area contributed by atoms with Crippen LogP contribution in [0.25, 0.3) is 0 Å². The van der Waals surface area contributed by atoms with Crippen LogP contribution >= 0.6 is 11.6 Å². The lowest BCUT2D eigenvalue weighted by Crippen LogP contribution is -2.43. The Balaban J connectivity index is 2.73. The first-order valence-electron chi connectivity index (χ1n) is 5.12. The van der Waals surface area contributed by atoms with E-state index < -0.39 is 23.2 Å². The van der Waals surface area contributed by atoms with Gasteiger partial charge in [-0.05, 0) is 12.1 Å². The fourth-order valence-electron chi connectivity index (χ4n) is 2.11. The first-order chi connectivity index (χ1) is 8.97. The molecular weight excluding hydrogens is 270 g/mol. The molecule has 0 saturated heterocycles. The maximum atomic E-state index is 12.0. The van der Waals surface area contributed by atoms with Crippen molar-refractivity contribution in [2.24, 2.45) is 5.92 Å². The normalized spacial score (nSPS) is 21.7. The van der Waals surface area contributed by atoms with Crippen LogP contribution in [-0.2, 0) is 15.0 Å². The number of hydrogen-bond acceptors (Lipinski definition) is 4. The van der Waals surface area contributed by atoms with Gasteiger partial charge in [0.1, 0.15) is 0 Å². The van der Waals surface area contributed by atoms with Gasteiger partial charge in [-0.2, -0.15) is 10.5 Å². The molecule has 2 rings (SSSR count). The minimum absolute atomic E-state index is 0.151. The molecular formula is C12H6ClN3O3. The molecule has 0 bridgehead atoms. The maximum Gasteiger partial charge on any atom is 0.323 e. The number of anilines is 1. The Bertz CT molecular complexity index is 674. The van der Waals surface area contributed by atoms with E-state index in [1.807, 2.05) is 0 Å². The molecule has 0 spiro atoms. The van der Waals surface area contributed by atoms with Crippen LogP contribution in [0.4, 0.5) is 5.69 Å². The smallest absolute Gasteiger partial charge is 0.323 e. The number of benzene rings is 1. The molecule has 0 radical (unpaired) electrons. The van der Waals surface area contributed by atoms with Crippen molar-refractivity contribution in [2.75, 3.05) is 5.32 Å². The number of carboxylic acid groups (broad SMARTS) is 1. The Hall–Kier alpha value is -2.57. The lowest BCUT2D eigenvalue weighted by Gasteiger charge is -2.21. The number of amides is 1. The number of halogens is 1. The number of carbonyl (C=O) groups excluding carboxylic acids is 1. The van der Waals surface area contributed by atoms with E-state index in [0.29, 0.717) is 5.02 Å². The molecule has 7 heteroatoms. The van der Waals surface area contributed by atoms with Gasteiger partial charge >= 0.3 is 5.97 Å². The second-order valence-corrected chi connectivity index (χ2v) is 4.40. The average Bonchev–Trinajstić information content (AvgIpc) is 2.62. The van der Waals surface area contributed by atoms with Crippen molar-refractivity contribution in [2.45, 2.75) is 5.41 Å². The van der Waals surface area contributed by atoms with E-state index in [2.05, 4.69) is 5.32 Å². The summed E-state index contributed by atoms with van der Waals surface area (Å²) in [6, 6.07) is 7.40. The molecule has 1 aromatic carbocycles. The van der Waals surface area contributed by atoms with E-state index in [9.17, 15) is 14.9 Å². The Labute approximate surface area is 112 Å². The summed E-state index contributed by atoms with van der Waals surface area (Å²) in [5.41, 5.74) is -1.65. The number of nitrogens with zero attached hydrogens (tertiary/aromatic N) is 2. The monoisotopic (exact) mass is 275 g/mol. The summed E-state index contributed by atoms with van der Waals surface area (Å²) < 4.78 is 0. The van der Waals surface area contributed by atoms with Gasteiger partial charge in [-0.1, -0.05) is 17.7 Å². The van der Waals surface area contributed by atoms with Gasteiger partial charge in [0.05, 0.1) is 12.1 Å². The van der Waals surface area contributed by atoms with Crippen molar-refractivity contribution in [1.82, 2.24) is 0 Å². The number of aliphatic carboxylic acids is 1. The minimum Gasteiger partial charge on any atom is -0.480 e. The summed E-state index contributed by atoms with van der Waals surface area (Å²) in [5.74, 6) is -4.15. The molecule has 0 aromatic heterocycles. The van der Waals surface area contributed by atoms with Crippen LogP contribution in [0.3, 0.4) is 0 Å². The predicted molar refractivity (Wildman–Crippen MR) is 64.1 cm³/mol. The van der Waals surface area contributed by atoms with E-state index in [4.69, 9.17) is 22.0 Å². The topological polar surface area (TPSA) is 114 Å². The molecule has 2 atom stereocenters. The number of carbonyl (C=O) groups is 2. The van der Waals surface area contributed by atoms with Crippen LogP contribution in [0.2, 0.25) is 5.02 Å². The number of nitrogens with one attached hydrogen (secondary N) is 1. The third kappa shape index (κ3) is 1.62. The number of rotatable bonds is 2. The zero-order chi connectivity index (χ0) is 14.2. The Kier molecular flexibility index (Phi) is 2.89. The van der Waals surface area contributed by atoms with Crippen LogP contribution in [0.15, 0.2) is 18.2 Å². The van der Waals surface area contributed by atoms with Crippen LogP contribution in [0, 0.1) is 28.6 Å². The summed E-state index contributed by atoms with van der Waals surface area (Å²) >= 11 is 5.77. The van der Waals surface area contributed by atoms with Gasteiger partial charge in [0.25, 0.3) is 5.91 Å². The van der Waals surface area contributed by atoms with E-state index in [-0.39, 0.29) is 11.3 Å². The van der Waals surface area contributed by atoms with Crippen molar-refractivity contribution in [1.29, 1.82) is 10.5 Å². The largest absolute Gasteiger partial charge is 0.480 e. The molecule has 1 aliphatic rings. The highest BCUT2D eigenvalue weighted by Crippen LogP contribution is 2.43. The van der Waals surface area contributed by atoms with Gasteiger partial charge in [0.2, 0.25) is 0 Å². The molecule has 1 heterocycles. The second kappa shape index (κ2) is 4.27. The van der Waals surface area contributed by atoms with Crippen molar-refractivity contribution in [3.8, 4) is 12.1 Å². The lowest BCUT2D eigenvalue weighted by molar-refractivity contribution is -0.143. The van der Waals surface area contributed by atoms with Crippen LogP contribution in [0.5, 0.6) is 0 Å². The van der Waals surface area contributed by atoms with Crippen molar-refractivity contribution in [3.05, 3.63) is 28.8 Å². The molecule has 19 heavy (non-hydrogen) atoms. The van der Waals surface area contributed by atoms with Crippen molar-refractivity contribution in [3.63, 3.8) is 0 Å². The lowest BCUT2D eigenvalue weighted by atomic mass is 9.72. The molecule has 1 amide bonds. The zero-order valence-electron chi connectivity index (χ0n) is 9.35. The fourth-order valence-corrected chi connectivity index (χ4v) is 2.28. The first kappa shape index (κ1) is 12.9. The van der Waals surface area contributed by atoms with Gasteiger partial charge in [-0.3, -0.25) is 9.59 Å². The number of hydrogen-bond donors (Lipinski definition) is 2. The molecule has 0 aliphatic carbocycles. The predicted octanol–water partition coefficient (Wildman–Crippen LogP) is 1.28. The molecule has 2 unspecified atom stereocenters. The molecule has 2 N–H and O–H groups in total. The summed E-state index contributed by atoms with van der Waals surface area (Å²) in [6.07, 6.45) is 0. The number of carboxylic acids is 1. The van der Waals surface area contributed by atoms with E-state index in [0.717, 1.165) is 0 Å². The quantitative estimate of drug-likeness (QED) is 0.844. The SMILES string of the molecule is N#CC(C(=O)O)C1(C#N)C(=O)Nc2cc(Cl)ccc21. The van der Waals surface area contributed by atoms with Crippen LogP contribution < -0.4 is 5.32 Å². The van der Waals surface area contributed by atoms with Gasteiger partial charge in [-0.15, -0.1) is 0 Å². The van der Waals surface area contributed by atoms with Crippen molar-refractivity contribution >= 4 is 29.2 Å². The molecule has 94 valence electrons. The standard InChI is InChI=1S/C12H6ClN3O3/c13-6-1-2-7-9(3-6)16-11(19)12(7,5-15)8(4-14)10(17)18/h1-3,8H,(H,16,19)(H,17,18). The molecule has 0 saturated carbocycles. The summed E-state index contributed by atoms with van der Waals surface area (Å²) in [6.45, 7) is 0. The third-order valence-corrected chi connectivity index (χ3v) is 3.23. The third-order valence-electron chi connectivity index (χ3n) is 3.00. The molecule has 1 aliphatic heterocycles. The summed E-state index contributed by atoms with van der Waals surface area (Å²) in [4.78, 5) is 23.1. The maximum absolute atomic E-state index is 12.0. The summed E-state index contributed by atoms with van der Waals surface area (Å²) in [7, 11) is 0. The Morgan fingerprint density at radius 3 is 2.68 bits per heavy atom. The highest BCUT2D eigenvalue weighted by atomic mass is 35.5. The van der Waals surface area contributed by atoms with Gasteiger partial charge in [0.15, 0.2) is 11.3 Å². The van der Waals surface area contributed by atoms with Gasteiger partial charge < -0.3 is 10.4 Å². The van der Waals surface area contributed by atoms with E-state index in [1.165, 1.54) is 24.3 Å². The highest BCUT2D eigenvalue weighted by Gasteiger charge is 2.56. The van der Waals surface area contributed by atoms with Gasteiger partial charge in [-0.25, -0.2) is 0 Å². The Morgan fingerprint density at radius 1 is 1.47 bits per heavy atom. The highest BCUT2D eigenvalue weighted by molar-refractivity contribution is 6.31. The molecule has 6 nitrogen and oxygen atoms in total. The Morgan fingerprint density at radius 2 is 2.16 bits per heavy atom. The molecule has 0 fully saturated rings. The molecule has 1 aromatic rings. The number of fused-ring (bicyclic) bond motifs is 1. The average molecular weight is 276 g/mol. The van der Waals surface area contributed by atoms with E-state index in [1.54, 1.807) is 6.07 Å². The van der Waals surface area contributed by atoms with E-state index >= 15 is 0 Å².